The molecule has 0 atom stereocenters. The molecule has 0 N–H and O–H groups in total. The lowest BCUT2D eigenvalue weighted by Gasteiger charge is -2.35. The first-order valence-electron chi connectivity index (χ1n) is 7.90. The lowest BCUT2D eigenvalue weighted by molar-refractivity contribution is -0.385. The fraction of sp³-hybridized carbons (Fsp3) is 0.294. The Morgan fingerprint density at radius 3 is 2.56 bits per heavy atom. The van der Waals surface area contributed by atoms with Gasteiger partial charge in [0.15, 0.2) is 0 Å². The van der Waals surface area contributed by atoms with E-state index >= 15 is 0 Å². The molecular weight excluding hydrogens is 344 g/mol. The topological polar surface area (TPSA) is 79.6 Å². The summed E-state index contributed by atoms with van der Waals surface area (Å²) >= 11 is 5.95. The van der Waals surface area contributed by atoms with Crippen molar-refractivity contribution in [1.29, 1.82) is 0 Å². The van der Waals surface area contributed by atoms with E-state index in [9.17, 15) is 14.9 Å². The first-order valence-corrected chi connectivity index (χ1v) is 8.28. The number of nitrogens with zero attached hydrogens (tertiary/aromatic N) is 4. The zero-order valence-electron chi connectivity index (χ0n) is 13.5. The van der Waals surface area contributed by atoms with Gasteiger partial charge in [-0.3, -0.25) is 14.9 Å². The Balaban J connectivity index is 1.56. The van der Waals surface area contributed by atoms with Crippen LogP contribution in [0.3, 0.4) is 0 Å². The average molecular weight is 361 g/mol. The van der Waals surface area contributed by atoms with E-state index in [1.807, 2.05) is 21.9 Å². The molecule has 1 aromatic carbocycles. The second-order valence-corrected chi connectivity index (χ2v) is 6.24. The number of rotatable bonds is 4. The smallest absolute Gasteiger partial charge is 0.287 e. The molecule has 0 unspecified atom stereocenters. The highest BCUT2D eigenvalue weighted by Crippen LogP contribution is 2.18. The normalized spacial score (nSPS) is 14.4. The van der Waals surface area contributed by atoms with Gasteiger partial charge in [0, 0.05) is 37.3 Å². The van der Waals surface area contributed by atoms with Gasteiger partial charge >= 0.3 is 0 Å². The molecule has 2 heterocycles. The van der Waals surface area contributed by atoms with Crippen molar-refractivity contribution in [2.75, 3.05) is 31.1 Å². The first-order chi connectivity index (χ1) is 12.0. The van der Waals surface area contributed by atoms with Crippen LogP contribution >= 0.6 is 11.6 Å². The maximum atomic E-state index is 12.4. The second-order valence-electron chi connectivity index (χ2n) is 5.81. The molecule has 1 amide bonds. The van der Waals surface area contributed by atoms with Crippen LogP contribution < -0.4 is 4.90 Å². The molecule has 3 rings (SSSR count). The standard InChI is InChI=1S/C17H17ClN4O3/c18-14-3-1-2-13(10-14)11-17(23)21-8-6-20(7-9-21)16-5-4-15(12-19-16)22(24)25/h1-5,10,12H,6-9,11H2. The minimum Gasteiger partial charge on any atom is -0.353 e. The third kappa shape index (κ3) is 4.24. The Morgan fingerprint density at radius 1 is 1.20 bits per heavy atom. The van der Waals surface area contributed by atoms with Crippen LogP contribution in [0.1, 0.15) is 5.56 Å². The van der Waals surface area contributed by atoms with Crippen molar-refractivity contribution < 1.29 is 9.72 Å². The van der Waals surface area contributed by atoms with E-state index in [4.69, 9.17) is 11.6 Å². The molecule has 8 heteroatoms. The highest BCUT2D eigenvalue weighted by molar-refractivity contribution is 6.30. The van der Waals surface area contributed by atoms with Gasteiger partial charge in [-0.15, -0.1) is 0 Å². The Kier molecular flexibility index (Phi) is 5.14. The summed E-state index contributed by atoms with van der Waals surface area (Å²) in [6.45, 7) is 2.48. The van der Waals surface area contributed by atoms with Crippen LogP contribution in [0.5, 0.6) is 0 Å². The van der Waals surface area contributed by atoms with Gasteiger partial charge in [0.2, 0.25) is 5.91 Å². The number of anilines is 1. The summed E-state index contributed by atoms with van der Waals surface area (Å²) in [5.41, 5.74) is 0.871. The average Bonchev–Trinajstić information content (AvgIpc) is 2.62. The van der Waals surface area contributed by atoms with Crippen molar-refractivity contribution in [3.05, 3.63) is 63.3 Å². The van der Waals surface area contributed by atoms with E-state index in [-0.39, 0.29) is 11.6 Å². The molecule has 7 nitrogen and oxygen atoms in total. The summed E-state index contributed by atoms with van der Waals surface area (Å²) < 4.78 is 0. The largest absolute Gasteiger partial charge is 0.353 e. The second kappa shape index (κ2) is 7.48. The van der Waals surface area contributed by atoms with Crippen LogP contribution in [0.15, 0.2) is 42.6 Å². The van der Waals surface area contributed by atoms with Gasteiger partial charge in [-0.25, -0.2) is 4.98 Å². The summed E-state index contributed by atoms with van der Waals surface area (Å²) in [5, 5.41) is 11.3. The van der Waals surface area contributed by atoms with Crippen LogP contribution in [0, 0.1) is 10.1 Å². The summed E-state index contributed by atoms with van der Waals surface area (Å²) in [4.78, 5) is 30.6. The lowest BCUT2D eigenvalue weighted by atomic mass is 10.1. The first kappa shape index (κ1) is 17.2. The molecule has 1 aliphatic heterocycles. The van der Waals surface area contributed by atoms with Gasteiger partial charge in [-0.1, -0.05) is 23.7 Å². The minimum absolute atomic E-state index is 0.0286. The van der Waals surface area contributed by atoms with Gasteiger partial charge in [-0.2, -0.15) is 0 Å². The summed E-state index contributed by atoms with van der Waals surface area (Å²) in [6.07, 6.45) is 1.59. The molecule has 0 bridgehead atoms. The number of hydrogen-bond donors (Lipinski definition) is 0. The van der Waals surface area contributed by atoms with E-state index in [2.05, 4.69) is 4.98 Å². The fourth-order valence-electron chi connectivity index (χ4n) is 2.79. The van der Waals surface area contributed by atoms with Crippen molar-refractivity contribution in [1.82, 2.24) is 9.88 Å². The zero-order valence-corrected chi connectivity index (χ0v) is 14.2. The number of hydrogen-bond acceptors (Lipinski definition) is 5. The number of amides is 1. The van der Waals surface area contributed by atoms with Crippen molar-refractivity contribution in [2.24, 2.45) is 0 Å². The minimum atomic E-state index is -0.469. The zero-order chi connectivity index (χ0) is 17.8. The number of nitro groups is 1. The predicted molar refractivity (Wildman–Crippen MR) is 94.8 cm³/mol. The maximum Gasteiger partial charge on any atom is 0.287 e. The van der Waals surface area contributed by atoms with Gasteiger partial charge in [-0.05, 0) is 23.8 Å². The van der Waals surface area contributed by atoms with Crippen molar-refractivity contribution in [3.63, 3.8) is 0 Å². The predicted octanol–water partition coefficient (Wildman–Crippen LogP) is 2.53. The molecule has 0 spiro atoms. The van der Waals surface area contributed by atoms with Crippen LogP contribution in [-0.4, -0.2) is 46.9 Å². The highest BCUT2D eigenvalue weighted by Gasteiger charge is 2.22. The summed E-state index contributed by atoms with van der Waals surface area (Å²) in [5.74, 6) is 0.756. The molecule has 2 aromatic rings. The quantitative estimate of drug-likeness (QED) is 0.618. The number of aromatic nitrogens is 1. The number of benzene rings is 1. The molecule has 25 heavy (non-hydrogen) atoms. The van der Waals surface area contributed by atoms with Crippen molar-refractivity contribution >= 4 is 29.0 Å². The SMILES string of the molecule is O=C(Cc1cccc(Cl)c1)N1CCN(c2ccc([N+](=O)[O-])cn2)CC1. The molecule has 0 radical (unpaired) electrons. The van der Waals surface area contributed by atoms with Crippen molar-refractivity contribution in [3.8, 4) is 0 Å². The summed E-state index contributed by atoms with van der Waals surface area (Å²) in [6, 6.07) is 10.4. The number of pyridine rings is 1. The van der Waals surface area contributed by atoms with Crippen LogP contribution in [0.2, 0.25) is 5.02 Å². The highest BCUT2D eigenvalue weighted by atomic mass is 35.5. The van der Waals surface area contributed by atoms with Gasteiger partial charge in [0.25, 0.3) is 5.69 Å². The number of carbonyl (C=O) groups excluding carboxylic acids is 1. The monoisotopic (exact) mass is 360 g/mol. The number of carbonyl (C=O) groups is 1. The molecule has 0 saturated carbocycles. The molecule has 1 saturated heterocycles. The third-order valence-corrected chi connectivity index (χ3v) is 4.38. The molecule has 1 aliphatic rings. The Morgan fingerprint density at radius 2 is 1.96 bits per heavy atom. The van der Waals surface area contributed by atoms with Crippen LogP contribution in [0.4, 0.5) is 11.5 Å². The van der Waals surface area contributed by atoms with Gasteiger partial charge in [0.05, 0.1) is 11.3 Å². The number of piperazine rings is 1. The Bertz CT molecular complexity index is 774. The molecule has 0 aliphatic carbocycles. The van der Waals surface area contributed by atoms with E-state index in [1.54, 1.807) is 18.2 Å². The molecule has 1 aromatic heterocycles. The van der Waals surface area contributed by atoms with E-state index in [1.165, 1.54) is 12.3 Å². The van der Waals surface area contributed by atoms with E-state index in [0.717, 1.165) is 5.56 Å². The van der Waals surface area contributed by atoms with E-state index < -0.39 is 4.92 Å². The lowest BCUT2D eigenvalue weighted by Crippen LogP contribution is -2.49. The fourth-order valence-corrected chi connectivity index (χ4v) is 3.00. The molecular formula is C17H17ClN4O3. The Labute approximate surface area is 150 Å². The van der Waals surface area contributed by atoms with Crippen LogP contribution in [0.25, 0.3) is 0 Å². The number of halogens is 1. The molecule has 130 valence electrons. The van der Waals surface area contributed by atoms with Gasteiger partial charge in [0.1, 0.15) is 12.0 Å². The van der Waals surface area contributed by atoms with Crippen molar-refractivity contribution in [2.45, 2.75) is 6.42 Å². The molecule has 1 fully saturated rings. The van der Waals surface area contributed by atoms with Gasteiger partial charge < -0.3 is 9.80 Å². The van der Waals surface area contributed by atoms with Crippen LogP contribution in [-0.2, 0) is 11.2 Å². The third-order valence-electron chi connectivity index (χ3n) is 4.14. The maximum absolute atomic E-state index is 12.4. The Hall–Kier alpha value is -2.67. The summed E-state index contributed by atoms with van der Waals surface area (Å²) in [7, 11) is 0. The van der Waals surface area contributed by atoms with E-state index in [0.29, 0.717) is 43.4 Å².